The lowest BCUT2D eigenvalue weighted by atomic mass is 10.2. The van der Waals surface area contributed by atoms with Crippen LogP contribution in [0.25, 0.3) is 0 Å². The van der Waals surface area contributed by atoms with Crippen LogP contribution in [-0.2, 0) is 4.74 Å². The number of rotatable bonds is 3. The zero-order valence-corrected chi connectivity index (χ0v) is 13.2. The van der Waals surface area contributed by atoms with Crippen LogP contribution in [0.3, 0.4) is 0 Å². The highest BCUT2D eigenvalue weighted by Gasteiger charge is 2.29. The molecule has 2 heterocycles. The van der Waals surface area contributed by atoms with Crippen LogP contribution in [0, 0.1) is 0 Å². The van der Waals surface area contributed by atoms with Crippen LogP contribution in [-0.4, -0.2) is 45.7 Å². The first-order valence-electron chi connectivity index (χ1n) is 7.34. The van der Waals surface area contributed by atoms with Gasteiger partial charge in [-0.1, -0.05) is 0 Å². The number of alkyl carbamates (subject to hydrolysis) is 1. The molecule has 1 aromatic rings. The molecule has 2 rings (SSSR count). The van der Waals surface area contributed by atoms with Gasteiger partial charge in [0, 0.05) is 37.7 Å². The van der Waals surface area contributed by atoms with Gasteiger partial charge < -0.3 is 10.1 Å². The largest absolute Gasteiger partial charge is 0.444 e. The number of nitrogens with one attached hydrogen (secondary N) is 1. The first kappa shape index (κ1) is 15.7. The average molecular weight is 292 g/mol. The van der Waals surface area contributed by atoms with Crippen molar-refractivity contribution in [3.8, 4) is 0 Å². The summed E-state index contributed by atoms with van der Waals surface area (Å²) in [6.45, 7) is 9.44. The van der Waals surface area contributed by atoms with E-state index in [1.165, 1.54) is 0 Å². The Morgan fingerprint density at radius 2 is 2.24 bits per heavy atom. The van der Waals surface area contributed by atoms with Gasteiger partial charge in [-0.3, -0.25) is 14.9 Å². The molecule has 1 saturated heterocycles. The van der Waals surface area contributed by atoms with Crippen LogP contribution in [0.1, 0.15) is 45.9 Å². The van der Waals surface area contributed by atoms with E-state index >= 15 is 0 Å². The lowest BCUT2D eigenvalue weighted by molar-refractivity contribution is 0.0504. The number of ether oxygens (including phenoxy) is 1. The quantitative estimate of drug-likeness (QED) is 0.924. The fraction of sp³-hybridized carbons (Fsp3) is 0.667. The molecule has 1 aromatic heterocycles. The molecule has 1 N–H and O–H groups in total. The molecular formula is C15H24N4O2. The summed E-state index contributed by atoms with van der Waals surface area (Å²) in [6, 6.07) is 0.322. The highest BCUT2D eigenvalue weighted by atomic mass is 16.6. The standard InChI is InChI=1S/C15H24N4O2/c1-11(13-9-16-6-7-17-13)19-8-5-12(10-19)18-14(20)21-15(2,3)4/h6-7,9,11-12H,5,8,10H2,1-4H3,(H,18,20)/t11-,12+/m0/s1. The SMILES string of the molecule is C[C@@H](c1cnccn1)N1CC[C@@H](NC(=O)OC(C)(C)C)C1. The van der Waals surface area contributed by atoms with Crippen LogP contribution in [0.5, 0.6) is 0 Å². The first-order valence-corrected chi connectivity index (χ1v) is 7.34. The smallest absolute Gasteiger partial charge is 0.407 e. The summed E-state index contributed by atoms with van der Waals surface area (Å²) in [7, 11) is 0. The number of hydrogen-bond acceptors (Lipinski definition) is 5. The molecule has 1 aliphatic rings. The molecule has 0 saturated carbocycles. The fourth-order valence-corrected chi connectivity index (χ4v) is 2.44. The van der Waals surface area contributed by atoms with Crippen LogP contribution in [0.2, 0.25) is 0 Å². The van der Waals surface area contributed by atoms with Gasteiger partial charge in [-0.25, -0.2) is 4.79 Å². The molecule has 1 aliphatic heterocycles. The van der Waals surface area contributed by atoms with E-state index in [4.69, 9.17) is 4.74 Å². The van der Waals surface area contributed by atoms with Gasteiger partial charge in [0.05, 0.1) is 11.7 Å². The second-order valence-electron chi connectivity index (χ2n) is 6.43. The monoisotopic (exact) mass is 292 g/mol. The van der Waals surface area contributed by atoms with Crippen molar-refractivity contribution in [3.63, 3.8) is 0 Å². The second kappa shape index (κ2) is 6.39. The Kier molecular flexibility index (Phi) is 4.77. The van der Waals surface area contributed by atoms with Crippen LogP contribution in [0.15, 0.2) is 18.6 Å². The maximum absolute atomic E-state index is 11.8. The van der Waals surface area contributed by atoms with Gasteiger partial charge in [-0.05, 0) is 34.1 Å². The van der Waals surface area contributed by atoms with Crippen LogP contribution < -0.4 is 5.32 Å². The van der Waals surface area contributed by atoms with Crippen molar-refractivity contribution >= 4 is 6.09 Å². The van der Waals surface area contributed by atoms with E-state index in [0.29, 0.717) is 0 Å². The van der Waals surface area contributed by atoms with E-state index in [0.717, 1.165) is 25.2 Å². The van der Waals surface area contributed by atoms with Gasteiger partial charge in [0.25, 0.3) is 0 Å². The number of amides is 1. The third-order valence-electron chi connectivity index (χ3n) is 3.50. The van der Waals surface area contributed by atoms with Gasteiger partial charge in [0.15, 0.2) is 0 Å². The molecule has 1 fully saturated rings. The Hall–Kier alpha value is -1.69. The zero-order chi connectivity index (χ0) is 15.5. The molecule has 0 radical (unpaired) electrons. The second-order valence-corrected chi connectivity index (χ2v) is 6.43. The third kappa shape index (κ3) is 4.67. The average Bonchev–Trinajstić information content (AvgIpc) is 2.85. The zero-order valence-electron chi connectivity index (χ0n) is 13.2. The Bertz CT molecular complexity index is 472. The highest BCUT2D eigenvalue weighted by Crippen LogP contribution is 2.22. The Morgan fingerprint density at radius 3 is 2.86 bits per heavy atom. The Morgan fingerprint density at radius 1 is 1.48 bits per heavy atom. The molecular weight excluding hydrogens is 268 g/mol. The van der Waals surface area contributed by atoms with E-state index in [9.17, 15) is 4.79 Å². The maximum Gasteiger partial charge on any atom is 0.407 e. The van der Waals surface area contributed by atoms with E-state index in [1.54, 1.807) is 18.6 Å². The first-order chi connectivity index (χ1) is 9.85. The summed E-state index contributed by atoms with van der Waals surface area (Å²) >= 11 is 0. The number of nitrogens with zero attached hydrogens (tertiary/aromatic N) is 3. The number of hydrogen-bond donors (Lipinski definition) is 1. The third-order valence-corrected chi connectivity index (χ3v) is 3.50. The van der Waals surface area contributed by atoms with Crippen molar-refractivity contribution in [1.29, 1.82) is 0 Å². The predicted molar refractivity (Wildman–Crippen MR) is 79.8 cm³/mol. The number of carbonyl (C=O) groups is 1. The van der Waals surface area contributed by atoms with Gasteiger partial charge in [0.1, 0.15) is 5.60 Å². The minimum absolute atomic E-state index is 0.124. The molecule has 0 bridgehead atoms. The van der Waals surface area contributed by atoms with E-state index < -0.39 is 5.60 Å². The van der Waals surface area contributed by atoms with Gasteiger partial charge >= 0.3 is 6.09 Å². The summed E-state index contributed by atoms with van der Waals surface area (Å²) in [5.74, 6) is 0. The molecule has 0 aliphatic carbocycles. The van der Waals surface area contributed by atoms with Gasteiger partial charge in [0.2, 0.25) is 0 Å². The van der Waals surface area contributed by atoms with Crippen molar-refractivity contribution in [2.45, 2.75) is 51.8 Å². The normalized spacial score (nSPS) is 21.0. The lowest BCUT2D eigenvalue weighted by Crippen LogP contribution is -2.40. The van der Waals surface area contributed by atoms with E-state index in [2.05, 4.69) is 27.1 Å². The summed E-state index contributed by atoms with van der Waals surface area (Å²) in [5.41, 5.74) is 0.491. The summed E-state index contributed by atoms with van der Waals surface area (Å²) < 4.78 is 5.29. The highest BCUT2D eigenvalue weighted by molar-refractivity contribution is 5.68. The minimum Gasteiger partial charge on any atom is -0.444 e. The Labute approximate surface area is 125 Å². The maximum atomic E-state index is 11.8. The number of carbonyl (C=O) groups excluding carboxylic acids is 1. The van der Waals surface area contributed by atoms with Crippen LogP contribution in [0.4, 0.5) is 4.79 Å². The van der Waals surface area contributed by atoms with Crippen LogP contribution >= 0.6 is 0 Å². The lowest BCUT2D eigenvalue weighted by Gasteiger charge is -2.24. The van der Waals surface area contributed by atoms with E-state index in [1.807, 2.05) is 20.8 Å². The minimum atomic E-state index is -0.463. The fourth-order valence-electron chi connectivity index (χ4n) is 2.44. The molecule has 6 nitrogen and oxygen atoms in total. The molecule has 6 heteroatoms. The van der Waals surface area contributed by atoms with Crippen molar-refractivity contribution in [2.75, 3.05) is 13.1 Å². The van der Waals surface area contributed by atoms with Crippen molar-refractivity contribution in [1.82, 2.24) is 20.2 Å². The van der Waals surface area contributed by atoms with E-state index in [-0.39, 0.29) is 18.2 Å². The van der Waals surface area contributed by atoms with Crippen molar-refractivity contribution in [3.05, 3.63) is 24.3 Å². The number of aromatic nitrogens is 2. The molecule has 0 spiro atoms. The number of likely N-dealkylation sites (tertiary alicyclic amines) is 1. The van der Waals surface area contributed by atoms with Gasteiger partial charge in [-0.2, -0.15) is 0 Å². The summed E-state index contributed by atoms with van der Waals surface area (Å²) in [5, 5.41) is 2.93. The molecule has 0 aromatic carbocycles. The molecule has 116 valence electrons. The van der Waals surface area contributed by atoms with Gasteiger partial charge in [-0.15, -0.1) is 0 Å². The molecule has 21 heavy (non-hydrogen) atoms. The molecule has 1 amide bonds. The predicted octanol–water partition coefficient (Wildman–Crippen LogP) is 2.14. The van der Waals surface area contributed by atoms with Crippen molar-refractivity contribution in [2.24, 2.45) is 0 Å². The van der Waals surface area contributed by atoms with Crippen molar-refractivity contribution < 1.29 is 9.53 Å². The Balaban J connectivity index is 1.85. The molecule has 0 unspecified atom stereocenters. The summed E-state index contributed by atoms with van der Waals surface area (Å²) in [6.07, 6.45) is 5.75. The topological polar surface area (TPSA) is 67.4 Å². The summed E-state index contributed by atoms with van der Waals surface area (Å²) in [4.78, 5) is 22.5. The molecule has 2 atom stereocenters.